The molecule has 5 nitrogen and oxygen atoms in total. The summed E-state index contributed by atoms with van der Waals surface area (Å²) in [5.41, 5.74) is 0.867. The second kappa shape index (κ2) is 6.95. The van der Waals surface area contributed by atoms with Gasteiger partial charge in [0.1, 0.15) is 6.17 Å². The number of benzene rings is 1. The first-order chi connectivity index (χ1) is 11.5. The van der Waals surface area contributed by atoms with E-state index in [0.29, 0.717) is 4.90 Å². The van der Waals surface area contributed by atoms with Crippen LogP contribution < -0.4 is 0 Å². The molecule has 1 fully saturated rings. The second-order valence-electron chi connectivity index (χ2n) is 6.44. The molecule has 1 aliphatic rings. The van der Waals surface area contributed by atoms with E-state index >= 15 is 0 Å². The maximum atomic E-state index is 12.9. The molecule has 1 aliphatic heterocycles. The van der Waals surface area contributed by atoms with Crippen molar-refractivity contribution in [3.05, 3.63) is 29.8 Å². The zero-order valence-electron chi connectivity index (χ0n) is 14.2. The predicted octanol–water partition coefficient (Wildman–Crippen LogP) is 2.76. The highest BCUT2D eigenvalue weighted by Crippen LogP contribution is 2.31. The number of rotatable bonds is 3. The van der Waals surface area contributed by atoms with Crippen molar-refractivity contribution in [2.24, 2.45) is 5.92 Å². The number of nitrogens with zero attached hydrogens (tertiary/aromatic N) is 2. The molecule has 0 aromatic heterocycles. The van der Waals surface area contributed by atoms with E-state index in [4.69, 9.17) is 0 Å². The van der Waals surface area contributed by atoms with Crippen LogP contribution in [-0.2, 0) is 14.8 Å². The number of hydrogen-bond acceptors (Lipinski definition) is 3. The van der Waals surface area contributed by atoms with Crippen LogP contribution >= 0.6 is 0 Å². The van der Waals surface area contributed by atoms with Gasteiger partial charge in [-0.25, -0.2) is 8.42 Å². The van der Waals surface area contributed by atoms with E-state index in [1.807, 2.05) is 0 Å². The van der Waals surface area contributed by atoms with Crippen LogP contribution in [-0.4, -0.2) is 49.0 Å². The van der Waals surface area contributed by atoms with Gasteiger partial charge in [0, 0.05) is 13.1 Å². The highest BCUT2D eigenvalue weighted by Gasteiger charge is 2.49. The molecular formula is C16H21F3N2O3S. The third-order valence-corrected chi connectivity index (χ3v) is 6.00. The lowest BCUT2D eigenvalue weighted by Crippen LogP contribution is -2.61. The molecule has 1 aromatic carbocycles. The Hall–Kier alpha value is -1.61. The van der Waals surface area contributed by atoms with E-state index in [9.17, 15) is 26.4 Å². The van der Waals surface area contributed by atoms with Crippen molar-refractivity contribution in [1.29, 1.82) is 0 Å². The van der Waals surface area contributed by atoms with Gasteiger partial charge in [-0.2, -0.15) is 17.5 Å². The SMILES string of the molecule is Cc1ccc(S(=O)(=O)N2CCCN(C(=O)C(F)(F)F)[C@@H]2C(C)C)cc1. The summed E-state index contributed by atoms with van der Waals surface area (Å²) in [7, 11) is -4.01. The van der Waals surface area contributed by atoms with E-state index < -0.39 is 34.2 Å². The van der Waals surface area contributed by atoms with Crippen LogP contribution in [0.25, 0.3) is 0 Å². The molecule has 0 aliphatic carbocycles. The number of aryl methyl sites for hydroxylation is 1. The summed E-state index contributed by atoms with van der Waals surface area (Å²) in [6.07, 6.45) is -6.06. The molecule has 0 unspecified atom stereocenters. The number of sulfonamides is 1. The number of alkyl halides is 3. The van der Waals surface area contributed by atoms with Gasteiger partial charge in [-0.05, 0) is 31.4 Å². The number of amides is 1. The van der Waals surface area contributed by atoms with Gasteiger partial charge in [0.25, 0.3) is 0 Å². The quantitative estimate of drug-likeness (QED) is 0.813. The van der Waals surface area contributed by atoms with E-state index in [1.54, 1.807) is 32.9 Å². The smallest absolute Gasteiger partial charge is 0.318 e. The maximum Gasteiger partial charge on any atom is 0.471 e. The number of halogens is 3. The maximum absolute atomic E-state index is 12.9. The zero-order valence-corrected chi connectivity index (χ0v) is 15.1. The normalized spacial score (nSPS) is 20.1. The predicted molar refractivity (Wildman–Crippen MR) is 86.1 cm³/mol. The topological polar surface area (TPSA) is 57.7 Å². The molecular weight excluding hydrogens is 357 g/mol. The Kier molecular flexibility index (Phi) is 5.48. The molecule has 25 heavy (non-hydrogen) atoms. The minimum atomic E-state index is -5.04. The Balaban J connectivity index is 2.44. The van der Waals surface area contributed by atoms with E-state index in [1.165, 1.54) is 12.1 Å². The first kappa shape index (κ1) is 19.7. The van der Waals surface area contributed by atoms with Gasteiger partial charge < -0.3 is 4.90 Å². The fourth-order valence-electron chi connectivity index (χ4n) is 3.00. The Labute approximate surface area is 145 Å². The van der Waals surface area contributed by atoms with Crippen LogP contribution in [0.4, 0.5) is 13.2 Å². The Morgan fingerprint density at radius 2 is 1.72 bits per heavy atom. The molecule has 0 saturated carbocycles. The largest absolute Gasteiger partial charge is 0.471 e. The van der Waals surface area contributed by atoms with Crippen molar-refractivity contribution in [2.75, 3.05) is 13.1 Å². The fourth-order valence-corrected chi connectivity index (χ4v) is 4.76. The highest BCUT2D eigenvalue weighted by atomic mass is 32.2. The average molecular weight is 378 g/mol. The molecule has 1 saturated heterocycles. The van der Waals surface area contributed by atoms with Crippen LogP contribution in [0.1, 0.15) is 25.8 Å². The number of hydrogen-bond donors (Lipinski definition) is 0. The summed E-state index contributed by atoms with van der Waals surface area (Å²) in [6.45, 7) is 4.95. The third kappa shape index (κ3) is 3.98. The summed E-state index contributed by atoms with van der Waals surface area (Å²) >= 11 is 0. The van der Waals surface area contributed by atoms with E-state index in [-0.39, 0.29) is 24.4 Å². The third-order valence-electron chi connectivity index (χ3n) is 4.12. The van der Waals surface area contributed by atoms with Crippen molar-refractivity contribution in [1.82, 2.24) is 9.21 Å². The monoisotopic (exact) mass is 378 g/mol. The van der Waals surface area contributed by atoms with Crippen molar-refractivity contribution >= 4 is 15.9 Å². The molecule has 1 amide bonds. The Bertz CT molecular complexity index is 730. The van der Waals surface area contributed by atoms with E-state index in [2.05, 4.69) is 0 Å². The van der Waals surface area contributed by atoms with Gasteiger partial charge in [0.05, 0.1) is 4.90 Å². The van der Waals surface area contributed by atoms with Gasteiger partial charge in [-0.3, -0.25) is 4.79 Å². The van der Waals surface area contributed by atoms with Crippen LogP contribution in [0, 0.1) is 12.8 Å². The summed E-state index contributed by atoms with van der Waals surface area (Å²) in [5.74, 6) is -2.50. The molecule has 1 heterocycles. The Morgan fingerprint density at radius 3 is 2.20 bits per heavy atom. The summed E-state index contributed by atoms with van der Waals surface area (Å²) in [6, 6.07) is 6.10. The summed E-state index contributed by atoms with van der Waals surface area (Å²) in [5, 5.41) is 0. The van der Waals surface area contributed by atoms with Gasteiger partial charge >= 0.3 is 12.1 Å². The highest BCUT2D eigenvalue weighted by molar-refractivity contribution is 7.89. The molecule has 1 aromatic rings. The second-order valence-corrected chi connectivity index (χ2v) is 8.33. The standard InChI is InChI=1S/C16H21F3N2O3S/c1-11(2)14-20(15(22)16(17,18)19)9-4-10-21(14)25(23,24)13-7-5-12(3)6-8-13/h5-8,11,14H,4,9-10H2,1-3H3/t14-/m0/s1. The molecule has 0 radical (unpaired) electrons. The average Bonchev–Trinajstić information content (AvgIpc) is 2.52. The van der Waals surface area contributed by atoms with Crippen molar-refractivity contribution < 1.29 is 26.4 Å². The van der Waals surface area contributed by atoms with Crippen molar-refractivity contribution in [3.63, 3.8) is 0 Å². The lowest BCUT2D eigenvalue weighted by atomic mass is 10.1. The van der Waals surface area contributed by atoms with Gasteiger partial charge in [0.2, 0.25) is 10.0 Å². The fraction of sp³-hybridized carbons (Fsp3) is 0.562. The van der Waals surface area contributed by atoms with Crippen molar-refractivity contribution in [2.45, 2.75) is 44.4 Å². The van der Waals surface area contributed by atoms with Crippen LogP contribution in [0.3, 0.4) is 0 Å². The number of carbonyl (C=O) groups is 1. The van der Waals surface area contributed by atoms with Crippen molar-refractivity contribution in [3.8, 4) is 0 Å². The minimum Gasteiger partial charge on any atom is -0.318 e. The van der Waals surface area contributed by atoms with E-state index in [0.717, 1.165) is 9.87 Å². The first-order valence-corrected chi connectivity index (χ1v) is 9.36. The van der Waals surface area contributed by atoms with Crippen LogP contribution in [0.15, 0.2) is 29.2 Å². The number of carbonyl (C=O) groups excluding carboxylic acids is 1. The molecule has 0 spiro atoms. The van der Waals surface area contributed by atoms with Gasteiger partial charge in [-0.15, -0.1) is 0 Å². The minimum absolute atomic E-state index is 0.00468. The van der Waals surface area contributed by atoms with Gasteiger partial charge in [-0.1, -0.05) is 31.5 Å². The molecule has 0 N–H and O–H groups in total. The molecule has 1 atom stereocenters. The Morgan fingerprint density at radius 1 is 1.16 bits per heavy atom. The van der Waals surface area contributed by atoms with Gasteiger partial charge in [0.15, 0.2) is 0 Å². The lowest BCUT2D eigenvalue weighted by Gasteiger charge is -2.45. The van der Waals surface area contributed by atoms with Crippen LogP contribution in [0.2, 0.25) is 0 Å². The molecule has 140 valence electrons. The summed E-state index contributed by atoms with van der Waals surface area (Å²) < 4.78 is 65.6. The zero-order chi connectivity index (χ0) is 19.0. The molecule has 2 rings (SSSR count). The van der Waals surface area contributed by atoms with Crippen LogP contribution in [0.5, 0.6) is 0 Å². The molecule has 9 heteroatoms. The lowest BCUT2D eigenvalue weighted by molar-refractivity contribution is -0.193. The first-order valence-electron chi connectivity index (χ1n) is 7.92. The summed E-state index contributed by atoms with van der Waals surface area (Å²) in [4.78, 5) is 12.4. The molecule has 0 bridgehead atoms.